The first kappa shape index (κ1) is 13.3. The summed E-state index contributed by atoms with van der Waals surface area (Å²) in [5, 5.41) is 0. The second-order valence-corrected chi connectivity index (χ2v) is 5.67. The molecule has 0 fully saturated rings. The highest BCUT2D eigenvalue weighted by atomic mass is 79.9. The monoisotopic (exact) mass is 393 g/mol. The van der Waals surface area contributed by atoms with E-state index >= 15 is 0 Å². The summed E-state index contributed by atoms with van der Waals surface area (Å²) in [5.41, 5.74) is 7.60. The molecule has 0 saturated carbocycles. The highest BCUT2D eigenvalue weighted by molar-refractivity contribution is 9.13. The zero-order valence-corrected chi connectivity index (χ0v) is 13.3. The molecule has 0 aliphatic carbocycles. The van der Waals surface area contributed by atoms with E-state index in [1.807, 2.05) is 30.3 Å². The normalized spacial score (nSPS) is 10.7. The molecule has 0 spiro atoms. The van der Waals surface area contributed by atoms with Gasteiger partial charge in [-0.1, -0.05) is 30.3 Å². The lowest BCUT2D eigenvalue weighted by molar-refractivity contribution is 0.549. The Bertz CT molecular complexity index is 737. The van der Waals surface area contributed by atoms with Gasteiger partial charge in [0.25, 0.3) is 0 Å². The molecule has 4 nitrogen and oxygen atoms in total. The maximum Gasteiger partial charge on any atom is 0.198 e. The lowest BCUT2D eigenvalue weighted by Crippen LogP contribution is -1.97. The fourth-order valence-corrected chi connectivity index (χ4v) is 2.37. The summed E-state index contributed by atoms with van der Waals surface area (Å²) in [5.74, 6) is 1.40. The minimum Gasteiger partial charge on any atom is -0.445 e. The van der Waals surface area contributed by atoms with E-state index in [-0.39, 0.29) is 0 Å². The number of nitrogen functional groups attached to an aromatic ring is 1. The van der Waals surface area contributed by atoms with Gasteiger partial charge in [-0.2, -0.15) is 0 Å². The Morgan fingerprint density at radius 1 is 1.00 bits per heavy atom. The van der Waals surface area contributed by atoms with Crippen LogP contribution in [0.15, 0.2) is 56.0 Å². The van der Waals surface area contributed by atoms with Crippen LogP contribution >= 0.6 is 31.9 Å². The van der Waals surface area contributed by atoms with Crippen molar-refractivity contribution in [2.75, 3.05) is 5.73 Å². The van der Waals surface area contributed by atoms with E-state index in [1.54, 1.807) is 12.1 Å². The number of hydrogen-bond donors (Lipinski definition) is 1. The van der Waals surface area contributed by atoms with Crippen LogP contribution in [-0.2, 0) is 0 Å². The summed E-state index contributed by atoms with van der Waals surface area (Å²) >= 11 is 6.66. The van der Waals surface area contributed by atoms with Gasteiger partial charge in [0.05, 0.1) is 10.2 Å². The number of furan rings is 1. The van der Waals surface area contributed by atoms with E-state index in [0.29, 0.717) is 22.1 Å². The van der Waals surface area contributed by atoms with Gasteiger partial charge in [-0.15, -0.1) is 0 Å². The highest BCUT2D eigenvalue weighted by Gasteiger charge is 2.13. The molecule has 0 radical (unpaired) electrons. The molecule has 0 saturated heterocycles. The van der Waals surface area contributed by atoms with Crippen LogP contribution in [0.1, 0.15) is 0 Å². The molecule has 0 bridgehead atoms. The third-order valence-corrected chi connectivity index (χ3v) is 4.39. The second kappa shape index (κ2) is 5.38. The van der Waals surface area contributed by atoms with Crippen LogP contribution in [0.25, 0.3) is 22.8 Å². The average molecular weight is 395 g/mol. The molecule has 0 unspecified atom stereocenters. The van der Waals surface area contributed by atoms with Crippen LogP contribution < -0.4 is 5.73 Å². The molecule has 2 N–H and O–H groups in total. The van der Waals surface area contributed by atoms with Crippen molar-refractivity contribution in [3.63, 3.8) is 0 Å². The van der Waals surface area contributed by atoms with Gasteiger partial charge in [0.1, 0.15) is 5.82 Å². The Balaban J connectivity index is 2.12. The fourth-order valence-electron chi connectivity index (χ4n) is 1.79. The molecular formula is C14H9Br2N3O. The van der Waals surface area contributed by atoms with Gasteiger partial charge in [-0.25, -0.2) is 9.97 Å². The van der Waals surface area contributed by atoms with Crippen LogP contribution in [0.5, 0.6) is 0 Å². The van der Waals surface area contributed by atoms with Crippen LogP contribution in [0.4, 0.5) is 5.82 Å². The molecule has 6 heteroatoms. The third-order valence-electron chi connectivity index (χ3n) is 2.68. The van der Waals surface area contributed by atoms with E-state index in [9.17, 15) is 0 Å². The summed E-state index contributed by atoms with van der Waals surface area (Å²) in [6.45, 7) is 0. The summed E-state index contributed by atoms with van der Waals surface area (Å²) < 4.78 is 6.94. The first-order valence-electron chi connectivity index (χ1n) is 5.78. The molecule has 2 aromatic heterocycles. The number of halogens is 2. The number of rotatable bonds is 2. The SMILES string of the molecule is Nc1cc(-c2ccccc2)nc(-c2cc(Br)c(Br)o2)n1. The molecule has 1 aromatic carbocycles. The van der Waals surface area contributed by atoms with Gasteiger partial charge in [-0.05, 0) is 31.9 Å². The van der Waals surface area contributed by atoms with E-state index in [2.05, 4.69) is 41.8 Å². The molecule has 3 rings (SSSR count). The summed E-state index contributed by atoms with van der Waals surface area (Å²) in [7, 11) is 0. The van der Waals surface area contributed by atoms with Crippen molar-refractivity contribution >= 4 is 37.7 Å². The van der Waals surface area contributed by atoms with Crippen molar-refractivity contribution in [1.82, 2.24) is 9.97 Å². The van der Waals surface area contributed by atoms with Crippen molar-refractivity contribution in [3.8, 4) is 22.8 Å². The standard InChI is InChI=1S/C14H9Br2N3O/c15-9-6-11(20-13(9)16)14-18-10(7-12(17)19-14)8-4-2-1-3-5-8/h1-7H,(H2,17,18,19). The molecule has 100 valence electrons. The lowest BCUT2D eigenvalue weighted by Gasteiger charge is -2.04. The topological polar surface area (TPSA) is 64.9 Å². The molecule has 2 heterocycles. The predicted molar refractivity (Wildman–Crippen MR) is 85.0 cm³/mol. The van der Waals surface area contributed by atoms with Crippen molar-refractivity contribution in [2.24, 2.45) is 0 Å². The Hall–Kier alpha value is -1.66. The maximum absolute atomic E-state index is 5.86. The van der Waals surface area contributed by atoms with Crippen molar-refractivity contribution < 1.29 is 4.42 Å². The number of nitrogens with zero attached hydrogens (tertiary/aromatic N) is 2. The minimum atomic E-state index is 0.400. The van der Waals surface area contributed by atoms with Gasteiger partial charge in [0.15, 0.2) is 16.3 Å². The van der Waals surface area contributed by atoms with Gasteiger partial charge in [0.2, 0.25) is 0 Å². The molecule has 20 heavy (non-hydrogen) atoms. The first-order valence-corrected chi connectivity index (χ1v) is 7.37. The maximum atomic E-state index is 5.86. The molecule has 0 aliphatic heterocycles. The smallest absolute Gasteiger partial charge is 0.198 e. The Morgan fingerprint density at radius 3 is 2.40 bits per heavy atom. The van der Waals surface area contributed by atoms with Crippen LogP contribution in [-0.4, -0.2) is 9.97 Å². The van der Waals surface area contributed by atoms with Crippen LogP contribution in [0.2, 0.25) is 0 Å². The third kappa shape index (κ3) is 2.62. The summed E-state index contributed by atoms with van der Waals surface area (Å²) in [6, 6.07) is 13.3. The zero-order chi connectivity index (χ0) is 14.1. The number of hydrogen-bond acceptors (Lipinski definition) is 4. The number of aromatic nitrogens is 2. The molecule has 3 aromatic rings. The summed E-state index contributed by atoms with van der Waals surface area (Å²) in [4.78, 5) is 8.72. The molecular weight excluding hydrogens is 386 g/mol. The van der Waals surface area contributed by atoms with E-state index in [4.69, 9.17) is 10.2 Å². The first-order chi connectivity index (χ1) is 9.63. The Morgan fingerprint density at radius 2 is 1.75 bits per heavy atom. The quantitative estimate of drug-likeness (QED) is 0.694. The average Bonchev–Trinajstić information content (AvgIpc) is 2.79. The van der Waals surface area contributed by atoms with E-state index in [1.165, 1.54) is 0 Å². The molecule has 0 amide bonds. The van der Waals surface area contributed by atoms with Gasteiger partial charge >= 0.3 is 0 Å². The molecule has 0 aliphatic rings. The fraction of sp³-hybridized carbons (Fsp3) is 0. The van der Waals surface area contributed by atoms with Crippen molar-refractivity contribution in [1.29, 1.82) is 0 Å². The van der Waals surface area contributed by atoms with Gasteiger partial charge in [0, 0.05) is 17.7 Å². The summed E-state index contributed by atoms with van der Waals surface area (Å²) in [6.07, 6.45) is 0. The second-order valence-electron chi connectivity index (χ2n) is 4.10. The largest absolute Gasteiger partial charge is 0.445 e. The predicted octanol–water partition coefficient (Wildman–Crippen LogP) is 4.51. The van der Waals surface area contributed by atoms with Gasteiger partial charge in [-0.3, -0.25) is 0 Å². The van der Waals surface area contributed by atoms with E-state index < -0.39 is 0 Å². The van der Waals surface area contributed by atoms with Gasteiger partial charge < -0.3 is 10.2 Å². The van der Waals surface area contributed by atoms with Crippen LogP contribution in [0.3, 0.4) is 0 Å². The van der Waals surface area contributed by atoms with Crippen molar-refractivity contribution in [3.05, 3.63) is 51.6 Å². The molecule has 0 atom stereocenters. The number of anilines is 1. The lowest BCUT2D eigenvalue weighted by atomic mass is 10.1. The Kier molecular flexibility index (Phi) is 3.58. The van der Waals surface area contributed by atoms with Crippen LogP contribution in [0, 0.1) is 0 Å². The number of nitrogens with two attached hydrogens (primary N) is 1. The highest BCUT2D eigenvalue weighted by Crippen LogP contribution is 2.32. The Labute approximate surface area is 132 Å². The van der Waals surface area contributed by atoms with Crippen molar-refractivity contribution in [2.45, 2.75) is 0 Å². The van der Waals surface area contributed by atoms with E-state index in [0.717, 1.165) is 15.7 Å². The zero-order valence-electron chi connectivity index (χ0n) is 10.2. The number of benzene rings is 1. The minimum absolute atomic E-state index is 0.400.